The Bertz CT molecular complexity index is 360. The van der Waals surface area contributed by atoms with Crippen LogP contribution in [0.2, 0.25) is 0 Å². The van der Waals surface area contributed by atoms with Gasteiger partial charge in [0.2, 0.25) is 0 Å². The van der Waals surface area contributed by atoms with Crippen molar-refractivity contribution in [2.45, 2.75) is 6.61 Å². The lowest BCUT2D eigenvalue weighted by Gasteiger charge is -2.05. The third-order valence-electron chi connectivity index (χ3n) is 1.94. The molecule has 0 aliphatic rings. The summed E-state index contributed by atoms with van der Waals surface area (Å²) >= 11 is 0. The minimum atomic E-state index is -0.390. The maximum absolute atomic E-state index is 13.3. The van der Waals surface area contributed by atoms with Crippen LogP contribution in [0, 0.1) is 17.1 Å². The molecular weight excluding hydrogens is 195 g/mol. The van der Waals surface area contributed by atoms with Crippen molar-refractivity contribution in [1.29, 1.82) is 5.26 Å². The SMILES string of the molecule is CNCCOCc1ccc(C#N)cc1F. The molecule has 0 saturated carbocycles. The fraction of sp³-hybridized carbons (Fsp3) is 0.364. The zero-order valence-corrected chi connectivity index (χ0v) is 8.59. The van der Waals surface area contributed by atoms with E-state index in [1.165, 1.54) is 6.07 Å². The van der Waals surface area contributed by atoms with E-state index in [0.29, 0.717) is 17.7 Å². The van der Waals surface area contributed by atoms with Crippen LogP contribution in [-0.2, 0) is 11.3 Å². The van der Waals surface area contributed by atoms with Crippen LogP contribution in [0.5, 0.6) is 0 Å². The monoisotopic (exact) mass is 208 g/mol. The molecule has 0 aliphatic carbocycles. The highest BCUT2D eigenvalue weighted by molar-refractivity contribution is 5.32. The van der Waals surface area contributed by atoms with Gasteiger partial charge in [-0.2, -0.15) is 5.26 Å². The van der Waals surface area contributed by atoms with Crippen molar-refractivity contribution in [1.82, 2.24) is 5.32 Å². The molecule has 15 heavy (non-hydrogen) atoms. The molecule has 1 aromatic carbocycles. The highest BCUT2D eigenvalue weighted by atomic mass is 19.1. The summed E-state index contributed by atoms with van der Waals surface area (Å²) in [7, 11) is 1.83. The smallest absolute Gasteiger partial charge is 0.130 e. The predicted molar refractivity (Wildman–Crippen MR) is 54.7 cm³/mol. The lowest BCUT2D eigenvalue weighted by Crippen LogP contribution is -2.14. The molecule has 0 saturated heterocycles. The number of nitrogens with zero attached hydrogens (tertiary/aromatic N) is 1. The van der Waals surface area contributed by atoms with E-state index in [4.69, 9.17) is 10.00 Å². The molecule has 0 bridgehead atoms. The Morgan fingerprint density at radius 3 is 2.93 bits per heavy atom. The molecule has 0 unspecified atom stereocenters. The standard InChI is InChI=1S/C11H13FN2O/c1-14-4-5-15-8-10-3-2-9(7-13)6-11(10)12/h2-3,6,14H,4-5,8H2,1H3. The molecule has 0 fully saturated rings. The number of likely N-dealkylation sites (N-methyl/N-ethyl adjacent to an activating group) is 1. The summed E-state index contributed by atoms with van der Waals surface area (Å²) in [4.78, 5) is 0. The number of nitrogens with one attached hydrogen (secondary N) is 1. The Kier molecular flexibility index (Phi) is 4.75. The number of hydrogen-bond donors (Lipinski definition) is 1. The molecule has 1 N–H and O–H groups in total. The average molecular weight is 208 g/mol. The van der Waals surface area contributed by atoms with E-state index in [-0.39, 0.29) is 6.61 Å². The third kappa shape index (κ3) is 3.66. The molecule has 3 nitrogen and oxygen atoms in total. The first-order valence-electron chi connectivity index (χ1n) is 4.69. The van der Waals surface area contributed by atoms with E-state index in [9.17, 15) is 4.39 Å². The van der Waals surface area contributed by atoms with Gasteiger partial charge in [-0.05, 0) is 19.2 Å². The molecule has 0 amide bonds. The molecule has 0 spiro atoms. The summed E-state index contributed by atoms with van der Waals surface area (Å²) in [5.41, 5.74) is 0.802. The van der Waals surface area contributed by atoms with E-state index >= 15 is 0 Å². The van der Waals surface area contributed by atoms with E-state index < -0.39 is 5.82 Å². The summed E-state index contributed by atoms with van der Waals surface area (Å²) in [6.45, 7) is 1.51. The molecule has 1 rings (SSSR count). The first-order valence-corrected chi connectivity index (χ1v) is 4.69. The second-order valence-electron chi connectivity index (χ2n) is 3.07. The third-order valence-corrected chi connectivity index (χ3v) is 1.94. The predicted octanol–water partition coefficient (Wildman–Crippen LogP) is 1.43. The number of halogens is 1. The van der Waals surface area contributed by atoms with Gasteiger partial charge in [0, 0.05) is 12.1 Å². The second kappa shape index (κ2) is 6.12. The number of benzene rings is 1. The number of rotatable bonds is 5. The Morgan fingerprint density at radius 2 is 2.33 bits per heavy atom. The molecule has 0 atom stereocenters. The Balaban J connectivity index is 2.52. The highest BCUT2D eigenvalue weighted by Crippen LogP contribution is 2.10. The molecule has 0 aromatic heterocycles. The van der Waals surface area contributed by atoms with Crippen LogP contribution >= 0.6 is 0 Å². The van der Waals surface area contributed by atoms with Gasteiger partial charge in [0.05, 0.1) is 24.8 Å². The average Bonchev–Trinajstić information content (AvgIpc) is 2.26. The van der Waals surface area contributed by atoms with Crippen LogP contribution in [0.1, 0.15) is 11.1 Å². The van der Waals surface area contributed by atoms with Gasteiger partial charge in [0.1, 0.15) is 5.82 Å². The van der Waals surface area contributed by atoms with Gasteiger partial charge in [-0.15, -0.1) is 0 Å². The zero-order chi connectivity index (χ0) is 11.1. The highest BCUT2D eigenvalue weighted by Gasteiger charge is 2.03. The summed E-state index contributed by atoms with van der Waals surface area (Å²) in [6.07, 6.45) is 0. The van der Waals surface area contributed by atoms with Gasteiger partial charge >= 0.3 is 0 Å². The second-order valence-corrected chi connectivity index (χ2v) is 3.07. The quantitative estimate of drug-likeness (QED) is 0.744. The topological polar surface area (TPSA) is 45.0 Å². The molecule has 0 heterocycles. The number of hydrogen-bond acceptors (Lipinski definition) is 3. The van der Waals surface area contributed by atoms with Gasteiger partial charge in [0.15, 0.2) is 0 Å². The fourth-order valence-electron chi connectivity index (χ4n) is 1.09. The van der Waals surface area contributed by atoms with Crippen molar-refractivity contribution >= 4 is 0 Å². The van der Waals surface area contributed by atoms with Crippen molar-refractivity contribution in [2.75, 3.05) is 20.2 Å². The summed E-state index contributed by atoms with van der Waals surface area (Å²) < 4.78 is 18.5. The van der Waals surface area contributed by atoms with E-state index in [0.717, 1.165) is 6.54 Å². The van der Waals surface area contributed by atoms with Crippen molar-refractivity contribution in [2.24, 2.45) is 0 Å². The molecule has 80 valence electrons. The number of ether oxygens (including phenoxy) is 1. The number of nitriles is 1. The largest absolute Gasteiger partial charge is 0.375 e. The minimum absolute atomic E-state index is 0.235. The lowest BCUT2D eigenvalue weighted by molar-refractivity contribution is 0.121. The van der Waals surface area contributed by atoms with Crippen molar-refractivity contribution in [3.63, 3.8) is 0 Å². The molecular formula is C11H13FN2O. The fourth-order valence-corrected chi connectivity index (χ4v) is 1.09. The van der Waals surface area contributed by atoms with Crippen LogP contribution in [-0.4, -0.2) is 20.2 Å². The van der Waals surface area contributed by atoms with Gasteiger partial charge in [-0.25, -0.2) is 4.39 Å². The minimum Gasteiger partial charge on any atom is -0.375 e. The van der Waals surface area contributed by atoms with Crippen LogP contribution in [0.4, 0.5) is 4.39 Å². The van der Waals surface area contributed by atoms with Crippen molar-refractivity contribution < 1.29 is 9.13 Å². The molecule has 0 aliphatic heterocycles. The van der Waals surface area contributed by atoms with Crippen LogP contribution < -0.4 is 5.32 Å². The first kappa shape index (κ1) is 11.6. The van der Waals surface area contributed by atoms with Gasteiger partial charge in [-0.1, -0.05) is 6.07 Å². The van der Waals surface area contributed by atoms with Crippen molar-refractivity contribution in [3.05, 3.63) is 35.1 Å². The Morgan fingerprint density at radius 1 is 1.53 bits per heavy atom. The first-order chi connectivity index (χ1) is 7.27. The van der Waals surface area contributed by atoms with Gasteiger partial charge in [-0.3, -0.25) is 0 Å². The van der Waals surface area contributed by atoms with Crippen LogP contribution in [0.25, 0.3) is 0 Å². The maximum atomic E-state index is 13.3. The normalized spacial score (nSPS) is 9.93. The Labute approximate surface area is 88.5 Å². The van der Waals surface area contributed by atoms with Crippen molar-refractivity contribution in [3.8, 4) is 6.07 Å². The molecule has 1 aromatic rings. The summed E-state index contributed by atoms with van der Waals surface area (Å²) in [5, 5.41) is 11.5. The maximum Gasteiger partial charge on any atom is 0.130 e. The summed E-state index contributed by atoms with van der Waals surface area (Å²) in [5.74, 6) is -0.390. The molecule has 4 heteroatoms. The van der Waals surface area contributed by atoms with Gasteiger partial charge < -0.3 is 10.1 Å². The van der Waals surface area contributed by atoms with Crippen LogP contribution in [0.3, 0.4) is 0 Å². The van der Waals surface area contributed by atoms with Crippen LogP contribution in [0.15, 0.2) is 18.2 Å². The van der Waals surface area contributed by atoms with E-state index in [1.807, 2.05) is 13.1 Å². The van der Waals surface area contributed by atoms with E-state index in [1.54, 1.807) is 12.1 Å². The van der Waals surface area contributed by atoms with E-state index in [2.05, 4.69) is 5.32 Å². The molecule has 0 radical (unpaired) electrons. The Hall–Kier alpha value is -1.44. The summed E-state index contributed by atoms with van der Waals surface area (Å²) in [6, 6.07) is 6.26. The zero-order valence-electron chi connectivity index (χ0n) is 8.59. The lowest BCUT2D eigenvalue weighted by atomic mass is 10.1. The van der Waals surface area contributed by atoms with Gasteiger partial charge in [0.25, 0.3) is 0 Å².